The van der Waals surface area contributed by atoms with Gasteiger partial charge < -0.3 is 9.47 Å². The predicted octanol–water partition coefficient (Wildman–Crippen LogP) is 5.74. The molecule has 0 spiro atoms. The van der Waals surface area contributed by atoms with E-state index in [1.54, 1.807) is 16.5 Å². The minimum Gasteiger partial charge on any atom is -0.490 e. The summed E-state index contributed by atoms with van der Waals surface area (Å²) in [5, 5.41) is 0.985. The summed E-state index contributed by atoms with van der Waals surface area (Å²) < 4.78 is 14.0. The first-order valence-corrected chi connectivity index (χ1v) is 11.9. The van der Waals surface area contributed by atoms with Crippen molar-refractivity contribution in [2.45, 2.75) is 13.5 Å². The molecule has 8 heteroatoms. The van der Waals surface area contributed by atoms with Gasteiger partial charge in [0, 0.05) is 0 Å². The van der Waals surface area contributed by atoms with Gasteiger partial charge in [0.1, 0.15) is 6.61 Å². The lowest BCUT2D eigenvalue weighted by atomic mass is 10.2. The molecule has 0 saturated heterocycles. The van der Waals surface area contributed by atoms with E-state index >= 15 is 0 Å². The van der Waals surface area contributed by atoms with Crippen molar-refractivity contribution in [3.8, 4) is 11.5 Å². The molecule has 0 amide bonds. The van der Waals surface area contributed by atoms with E-state index in [-0.39, 0.29) is 5.56 Å². The van der Waals surface area contributed by atoms with E-state index in [1.807, 2.05) is 61.5 Å². The van der Waals surface area contributed by atoms with Crippen molar-refractivity contribution >= 4 is 56.6 Å². The molecule has 0 saturated carbocycles. The average Bonchev–Trinajstić information content (AvgIpc) is 3.32. The Kier molecular flexibility index (Phi) is 5.98. The molecule has 5 aromatic rings. The van der Waals surface area contributed by atoms with Crippen LogP contribution in [0, 0.1) is 0 Å². The summed E-state index contributed by atoms with van der Waals surface area (Å²) in [5.41, 5.74) is 3.28. The van der Waals surface area contributed by atoms with Gasteiger partial charge in [0.2, 0.25) is 0 Å². The molecular weight excluding hydrogens is 479 g/mol. The van der Waals surface area contributed by atoms with Gasteiger partial charge in [-0.05, 0) is 60.5 Å². The van der Waals surface area contributed by atoms with Crippen molar-refractivity contribution in [1.82, 2.24) is 9.38 Å². The number of hydrogen-bond donors (Lipinski definition) is 0. The molecule has 5 rings (SSSR count). The number of ether oxygens (including phenoxy) is 2. The van der Waals surface area contributed by atoms with Crippen molar-refractivity contribution in [3.63, 3.8) is 0 Å². The van der Waals surface area contributed by atoms with E-state index in [2.05, 4.69) is 4.98 Å². The van der Waals surface area contributed by atoms with E-state index < -0.39 is 0 Å². The normalized spacial score (nSPS) is 12.0. The second kappa shape index (κ2) is 9.06. The molecule has 3 aromatic carbocycles. The van der Waals surface area contributed by atoms with Crippen LogP contribution in [0.15, 0.2) is 65.5 Å². The number of halogens is 2. The Hall–Kier alpha value is -3.06. The second-order valence-electron chi connectivity index (χ2n) is 7.31. The Morgan fingerprint density at radius 2 is 1.85 bits per heavy atom. The minimum atomic E-state index is -0.0818. The summed E-state index contributed by atoms with van der Waals surface area (Å²) in [5.74, 6) is 1.21. The molecule has 0 fully saturated rings. The first kappa shape index (κ1) is 21.8. The fraction of sp³-hybridized carbons (Fsp3) is 0.120. The summed E-state index contributed by atoms with van der Waals surface area (Å²) in [7, 11) is 0. The van der Waals surface area contributed by atoms with E-state index in [1.165, 1.54) is 11.3 Å². The summed E-state index contributed by atoms with van der Waals surface area (Å²) in [4.78, 5) is 18.3. The van der Waals surface area contributed by atoms with Crippen LogP contribution in [-0.2, 0) is 6.61 Å². The molecule has 166 valence electrons. The Labute approximate surface area is 203 Å². The van der Waals surface area contributed by atoms with Crippen LogP contribution in [0.5, 0.6) is 11.5 Å². The van der Waals surface area contributed by atoms with E-state index in [0.29, 0.717) is 44.3 Å². The van der Waals surface area contributed by atoms with Gasteiger partial charge >= 0.3 is 0 Å². The van der Waals surface area contributed by atoms with Crippen LogP contribution in [0.4, 0.5) is 0 Å². The number of benzene rings is 3. The number of aromatic nitrogens is 2. The van der Waals surface area contributed by atoms with Gasteiger partial charge in [-0.25, -0.2) is 9.38 Å². The zero-order valence-corrected chi connectivity index (χ0v) is 19.9. The molecule has 0 atom stereocenters. The Bertz CT molecular complexity index is 1590. The zero-order chi connectivity index (χ0) is 22.9. The predicted molar refractivity (Wildman–Crippen MR) is 134 cm³/mol. The summed E-state index contributed by atoms with van der Waals surface area (Å²) in [6.07, 6.45) is 1.85. The standard InChI is InChI=1S/C25H18Cl2N2O3S/c1-2-31-22-12-15(8-10-21(22)32-14-16-7-9-17(26)18(27)11-16)13-23-24(30)29-20-6-4-3-5-19(20)28-25(29)33-23/h3-13H,2,14H2,1H3/b23-13-. The van der Waals surface area contributed by atoms with Crippen molar-refractivity contribution in [3.05, 3.63) is 96.7 Å². The summed E-state index contributed by atoms with van der Waals surface area (Å²) in [6, 6.07) is 18.6. The number of imidazole rings is 1. The molecule has 0 aliphatic carbocycles. The molecule has 5 nitrogen and oxygen atoms in total. The Morgan fingerprint density at radius 3 is 2.67 bits per heavy atom. The lowest BCUT2D eigenvalue weighted by molar-refractivity contribution is 0.269. The highest BCUT2D eigenvalue weighted by atomic mass is 35.5. The molecule has 0 unspecified atom stereocenters. The summed E-state index contributed by atoms with van der Waals surface area (Å²) in [6.45, 7) is 2.71. The third-order valence-electron chi connectivity index (χ3n) is 5.09. The first-order valence-electron chi connectivity index (χ1n) is 10.3. The van der Waals surface area contributed by atoms with E-state index in [9.17, 15) is 4.79 Å². The highest BCUT2D eigenvalue weighted by molar-refractivity contribution is 7.15. The van der Waals surface area contributed by atoms with Crippen LogP contribution >= 0.6 is 34.5 Å². The van der Waals surface area contributed by atoms with Crippen molar-refractivity contribution < 1.29 is 9.47 Å². The number of thiazole rings is 1. The van der Waals surface area contributed by atoms with Crippen LogP contribution in [0.25, 0.3) is 22.1 Å². The van der Waals surface area contributed by atoms with Crippen LogP contribution in [0.3, 0.4) is 0 Å². The SMILES string of the molecule is CCOc1cc(/C=c2\sc3nc4ccccc4n3c2=O)ccc1OCc1ccc(Cl)c(Cl)c1. The Balaban J connectivity index is 1.47. The maximum absolute atomic E-state index is 13.0. The number of fused-ring (bicyclic) bond motifs is 3. The van der Waals surface area contributed by atoms with E-state index in [0.717, 1.165) is 22.2 Å². The molecule has 0 N–H and O–H groups in total. The lowest BCUT2D eigenvalue weighted by Gasteiger charge is -2.13. The van der Waals surface area contributed by atoms with Gasteiger partial charge in [-0.3, -0.25) is 4.79 Å². The number of hydrogen-bond acceptors (Lipinski definition) is 5. The largest absolute Gasteiger partial charge is 0.490 e. The number of rotatable bonds is 6. The molecule has 0 bridgehead atoms. The van der Waals surface area contributed by atoms with Gasteiger partial charge in [0.05, 0.1) is 32.2 Å². The second-order valence-corrected chi connectivity index (χ2v) is 9.13. The smallest absolute Gasteiger partial charge is 0.274 e. The zero-order valence-electron chi connectivity index (χ0n) is 17.5. The van der Waals surface area contributed by atoms with Gasteiger partial charge in [0.15, 0.2) is 16.5 Å². The number of para-hydroxylation sites is 2. The molecule has 33 heavy (non-hydrogen) atoms. The van der Waals surface area contributed by atoms with Crippen molar-refractivity contribution in [2.24, 2.45) is 0 Å². The fourth-order valence-electron chi connectivity index (χ4n) is 3.56. The fourth-order valence-corrected chi connectivity index (χ4v) is 4.86. The highest BCUT2D eigenvalue weighted by Gasteiger charge is 2.12. The van der Waals surface area contributed by atoms with Gasteiger partial charge in [-0.1, -0.05) is 58.8 Å². The molecule has 0 aliphatic heterocycles. The molecular formula is C25H18Cl2N2O3S. The van der Waals surface area contributed by atoms with Crippen molar-refractivity contribution in [1.29, 1.82) is 0 Å². The van der Waals surface area contributed by atoms with Crippen LogP contribution in [0.1, 0.15) is 18.1 Å². The third kappa shape index (κ3) is 4.29. The molecule has 0 aliphatic rings. The van der Waals surface area contributed by atoms with Crippen LogP contribution < -0.4 is 19.6 Å². The quantitative estimate of drug-likeness (QED) is 0.300. The van der Waals surface area contributed by atoms with Gasteiger partial charge in [-0.2, -0.15) is 0 Å². The average molecular weight is 497 g/mol. The molecule has 2 heterocycles. The van der Waals surface area contributed by atoms with Gasteiger partial charge in [0.25, 0.3) is 5.56 Å². The van der Waals surface area contributed by atoms with Crippen LogP contribution in [0.2, 0.25) is 10.0 Å². The Morgan fingerprint density at radius 1 is 1.00 bits per heavy atom. The maximum atomic E-state index is 13.0. The lowest BCUT2D eigenvalue weighted by Crippen LogP contribution is -2.22. The number of nitrogens with zero attached hydrogens (tertiary/aromatic N) is 2. The maximum Gasteiger partial charge on any atom is 0.274 e. The molecule has 2 aromatic heterocycles. The van der Waals surface area contributed by atoms with Crippen molar-refractivity contribution in [2.75, 3.05) is 6.61 Å². The monoisotopic (exact) mass is 496 g/mol. The minimum absolute atomic E-state index is 0.0818. The third-order valence-corrected chi connectivity index (χ3v) is 6.80. The van der Waals surface area contributed by atoms with E-state index in [4.69, 9.17) is 32.7 Å². The highest BCUT2D eigenvalue weighted by Crippen LogP contribution is 2.30. The van der Waals surface area contributed by atoms with Gasteiger partial charge in [-0.15, -0.1) is 0 Å². The first-order chi connectivity index (χ1) is 16.0. The topological polar surface area (TPSA) is 52.8 Å². The molecule has 0 radical (unpaired) electrons. The van der Waals surface area contributed by atoms with Crippen LogP contribution in [-0.4, -0.2) is 16.0 Å². The summed E-state index contributed by atoms with van der Waals surface area (Å²) >= 11 is 13.4.